The highest BCUT2D eigenvalue weighted by Gasteiger charge is 1.89. The average Bonchev–Trinajstić information content (AvgIpc) is 1.82. The Balaban J connectivity index is 3.82. The maximum Gasteiger partial charge on any atom is 0.0847 e. The van der Waals surface area contributed by atoms with Gasteiger partial charge in [0.1, 0.15) is 0 Å². The van der Waals surface area contributed by atoms with Gasteiger partial charge in [-0.2, -0.15) is 0 Å². The third-order valence-electron chi connectivity index (χ3n) is 0.867. The molecule has 0 aromatic rings. The van der Waals surface area contributed by atoms with E-state index in [9.17, 15) is 0 Å². The van der Waals surface area contributed by atoms with E-state index in [0.29, 0.717) is 5.70 Å². The summed E-state index contributed by atoms with van der Waals surface area (Å²) in [5.41, 5.74) is 6.22. The quantitative estimate of drug-likeness (QED) is 0.565. The van der Waals surface area contributed by atoms with Gasteiger partial charge in [-0.15, -0.1) is 0 Å². The van der Waals surface area contributed by atoms with Crippen molar-refractivity contribution in [2.75, 3.05) is 27.2 Å². The number of likely N-dealkylation sites (N-methyl/N-ethyl adjacent to an activating group) is 1. The molecule has 0 bridgehead atoms. The fourth-order valence-electron chi connectivity index (χ4n) is 0.557. The third-order valence-corrected chi connectivity index (χ3v) is 0.867. The minimum atomic E-state index is 0.687. The van der Waals surface area contributed by atoms with Gasteiger partial charge >= 0.3 is 0 Å². The molecule has 10 heavy (non-hydrogen) atoms. The zero-order valence-electron chi connectivity index (χ0n) is 6.89. The highest BCUT2D eigenvalue weighted by Crippen LogP contribution is 1.79. The standard InChI is InChI=1S/C7H15N3/c1-4-9-5-7(8)6-10(2)3/h4,6,8H2,1-3H3. The van der Waals surface area contributed by atoms with Crippen LogP contribution in [0.25, 0.3) is 0 Å². The smallest absolute Gasteiger partial charge is 0.0847 e. The van der Waals surface area contributed by atoms with Crippen LogP contribution >= 0.6 is 0 Å². The van der Waals surface area contributed by atoms with Crippen LogP contribution in [0.4, 0.5) is 0 Å². The van der Waals surface area contributed by atoms with Crippen molar-refractivity contribution in [1.82, 2.24) is 4.90 Å². The molecule has 2 N–H and O–H groups in total. The van der Waals surface area contributed by atoms with Crippen LogP contribution in [0.2, 0.25) is 0 Å². The molecule has 0 radical (unpaired) electrons. The summed E-state index contributed by atoms with van der Waals surface area (Å²) in [6, 6.07) is 0. The summed E-state index contributed by atoms with van der Waals surface area (Å²) in [6.45, 7) is 3.42. The van der Waals surface area contributed by atoms with Gasteiger partial charge in [0.15, 0.2) is 0 Å². The lowest BCUT2D eigenvalue weighted by molar-refractivity contribution is 0.445. The molecule has 0 aliphatic carbocycles. The second kappa shape index (κ2) is 5.03. The lowest BCUT2D eigenvalue weighted by Crippen LogP contribution is -2.19. The van der Waals surface area contributed by atoms with Crippen molar-refractivity contribution in [1.29, 1.82) is 0 Å². The Morgan fingerprint density at radius 2 is 2.20 bits per heavy atom. The number of nitrogens with two attached hydrogens (primary N) is 1. The zero-order valence-corrected chi connectivity index (χ0v) is 6.89. The van der Waals surface area contributed by atoms with Crippen molar-refractivity contribution in [3.05, 3.63) is 5.70 Å². The van der Waals surface area contributed by atoms with Crippen LogP contribution in [-0.4, -0.2) is 38.0 Å². The van der Waals surface area contributed by atoms with Crippen LogP contribution in [0, 0.1) is 0 Å². The number of aliphatic imine (C=N–C) groups is 1. The van der Waals surface area contributed by atoms with Crippen LogP contribution < -0.4 is 5.73 Å². The maximum atomic E-state index is 5.53. The molecule has 0 unspecified atom stereocenters. The Bertz CT molecular complexity index is 143. The molecular weight excluding hydrogens is 126 g/mol. The second-order valence-electron chi connectivity index (χ2n) is 2.35. The lowest BCUT2D eigenvalue weighted by atomic mass is 10.5. The Hall–Kier alpha value is -0.790. The van der Waals surface area contributed by atoms with Crippen LogP contribution in [0.5, 0.6) is 0 Å². The Kier molecular flexibility index (Phi) is 4.63. The molecule has 0 saturated carbocycles. The number of hydrogen-bond donors (Lipinski definition) is 1. The van der Waals surface area contributed by atoms with Gasteiger partial charge in [0.25, 0.3) is 0 Å². The van der Waals surface area contributed by atoms with Crippen LogP contribution in [0.3, 0.4) is 0 Å². The minimum Gasteiger partial charge on any atom is -0.393 e. The summed E-state index contributed by atoms with van der Waals surface area (Å²) in [6.07, 6.45) is 0. The van der Waals surface area contributed by atoms with E-state index >= 15 is 0 Å². The Labute approximate surface area is 62.2 Å². The fourth-order valence-corrected chi connectivity index (χ4v) is 0.557. The first-order valence-electron chi connectivity index (χ1n) is 3.35. The maximum absolute atomic E-state index is 5.53. The molecule has 0 amide bonds. The van der Waals surface area contributed by atoms with Crippen LogP contribution in [0.15, 0.2) is 10.7 Å². The van der Waals surface area contributed by atoms with Crippen molar-refractivity contribution in [3.8, 4) is 0 Å². The minimum absolute atomic E-state index is 0.687. The Morgan fingerprint density at radius 3 is 2.60 bits per heavy atom. The van der Waals surface area contributed by atoms with E-state index in [1.54, 1.807) is 0 Å². The first-order valence-corrected chi connectivity index (χ1v) is 3.35. The molecule has 3 nitrogen and oxygen atoms in total. The molecule has 0 aromatic carbocycles. The van der Waals surface area contributed by atoms with E-state index in [-0.39, 0.29) is 0 Å². The highest BCUT2D eigenvalue weighted by atomic mass is 15.1. The molecule has 0 rings (SSSR count). The average molecular weight is 141 g/mol. The summed E-state index contributed by atoms with van der Waals surface area (Å²) < 4.78 is 0. The van der Waals surface area contributed by atoms with Gasteiger partial charge in [-0.3, -0.25) is 0 Å². The lowest BCUT2D eigenvalue weighted by Gasteiger charge is -2.05. The molecule has 0 aliphatic heterocycles. The predicted molar refractivity (Wildman–Crippen MR) is 44.2 cm³/mol. The number of hydrogen-bond acceptors (Lipinski definition) is 3. The van der Waals surface area contributed by atoms with Gasteiger partial charge in [-0.05, 0) is 21.0 Å². The van der Waals surface area contributed by atoms with E-state index in [1.807, 2.05) is 25.9 Å². The van der Waals surface area contributed by atoms with Crippen molar-refractivity contribution >= 4 is 5.87 Å². The van der Waals surface area contributed by atoms with Gasteiger partial charge in [-0.25, -0.2) is 4.99 Å². The monoisotopic (exact) mass is 141 g/mol. The first kappa shape index (κ1) is 9.21. The van der Waals surface area contributed by atoms with Gasteiger partial charge in [-0.1, -0.05) is 0 Å². The molecule has 0 heterocycles. The van der Waals surface area contributed by atoms with Gasteiger partial charge < -0.3 is 10.6 Å². The van der Waals surface area contributed by atoms with Crippen molar-refractivity contribution in [2.45, 2.75) is 6.92 Å². The Morgan fingerprint density at radius 1 is 1.60 bits per heavy atom. The largest absolute Gasteiger partial charge is 0.393 e. The van der Waals surface area contributed by atoms with Crippen molar-refractivity contribution in [2.24, 2.45) is 10.7 Å². The van der Waals surface area contributed by atoms with Crippen LogP contribution in [-0.2, 0) is 0 Å². The van der Waals surface area contributed by atoms with E-state index in [0.717, 1.165) is 13.1 Å². The molecule has 0 aromatic heterocycles. The zero-order chi connectivity index (χ0) is 7.98. The normalized spacial score (nSPS) is 9.20. The van der Waals surface area contributed by atoms with Gasteiger partial charge in [0.2, 0.25) is 0 Å². The molecule has 58 valence electrons. The summed E-state index contributed by atoms with van der Waals surface area (Å²) in [4.78, 5) is 5.87. The molecule has 0 fully saturated rings. The van der Waals surface area contributed by atoms with Gasteiger partial charge in [0, 0.05) is 19.0 Å². The first-order chi connectivity index (χ1) is 4.66. The van der Waals surface area contributed by atoms with E-state index < -0.39 is 0 Å². The molecule has 0 saturated heterocycles. The molecule has 0 spiro atoms. The molecule has 0 aliphatic rings. The van der Waals surface area contributed by atoms with Crippen molar-refractivity contribution in [3.63, 3.8) is 0 Å². The number of rotatable bonds is 3. The summed E-state index contributed by atoms with van der Waals surface area (Å²) >= 11 is 0. The fraction of sp³-hybridized carbons (Fsp3) is 0.714. The van der Waals surface area contributed by atoms with E-state index in [1.165, 1.54) is 0 Å². The summed E-state index contributed by atoms with van der Waals surface area (Å²) in [5, 5.41) is 0. The highest BCUT2D eigenvalue weighted by molar-refractivity contribution is 5.56. The number of nitrogens with zero attached hydrogens (tertiary/aromatic N) is 2. The summed E-state index contributed by atoms with van der Waals surface area (Å²) in [5.74, 6) is 2.74. The predicted octanol–water partition coefficient (Wildman–Crippen LogP) is 0.0802. The molecule has 3 heteroatoms. The SMILES string of the molecule is CCN=C=C(N)CN(C)C. The van der Waals surface area contributed by atoms with Crippen LogP contribution in [0.1, 0.15) is 6.92 Å². The summed E-state index contributed by atoms with van der Waals surface area (Å²) in [7, 11) is 3.92. The van der Waals surface area contributed by atoms with Gasteiger partial charge in [0.05, 0.1) is 5.70 Å². The molecule has 0 atom stereocenters. The molecular formula is C7H15N3. The van der Waals surface area contributed by atoms with Crippen molar-refractivity contribution < 1.29 is 0 Å². The van der Waals surface area contributed by atoms with E-state index in [2.05, 4.69) is 10.9 Å². The second-order valence-corrected chi connectivity index (χ2v) is 2.35. The van der Waals surface area contributed by atoms with E-state index in [4.69, 9.17) is 5.73 Å². The third kappa shape index (κ3) is 5.35. The topological polar surface area (TPSA) is 41.6 Å².